The molecule has 7 heteroatoms. The minimum atomic E-state index is -0.279. The van der Waals surface area contributed by atoms with Crippen molar-refractivity contribution in [1.82, 2.24) is 15.0 Å². The van der Waals surface area contributed by atoms with E-state index in [1.54, 1.807) is 31.6 Å². The van der Waals surface area contributed by atoms with E-state index in [9.17, 15) is 4.39 Å². The van der Waals surface area contributed by atoms with E-state index < -0.39 is 0 Å². The number of ether oxygens (including phenoxy) is 3. The first kappa shape index (κ1) is 20.6. The topological polar surface area (TPSA) is 66.4 Å². The number of benzene rings is 1. The van der Waals surface area contributed by atoms with Crippen LogP contribution < -0.4 is 4.74 Å². The summed E-state index contributed by atoms with van der Waals surface area (Å²) < 4.78 is 30.3. The Balaban J connectivity index is 1.75. The van der Waals surface area contributed by atoms with Gasteiger partial charge in [-0.25, -0.2) is 19.3 Å². The zero-order valence-corrected chi connectivity index (χ0v) is 17.3. The van der Waals surface area contributed by atoms with Gasteiger partial charge in [-0.15, -0.1) is 0 Å². The van der Waals surface area contributed by atoms with Crippen LogP contribution in [-0.4, -0.2) is 48.0 Å². The summed E-state index contributed by atoms with van der Waals surface area (Å²) in [7, 11) is 1.69. The first-order valence-corrected chi connectivity index (χ1v) is 10.3. The summed E-state index contributed by atoms with van der Waals surface area (Å²) in [4.78, 5) is 14.0. The molecule has 3 heterocycles. The van der Waals surface area contributed by atoms with Gasteiger partial charge in [0.05, 0.1) is 24.1 Å². The van der Waals surface area contributed by atoms with Crippen molar-refractivity contribution in [3.05, 3.63) is 48.3 Å². The third-order valence-electron chi connectivity index (χ3n) is 5.22. The normalized spacial score (nSPS) is 16.0. The molecule has 6 nitrogen and oxygen atoms in total. The van der Waals surface area contributed by atoms with Crippen LogP contribution in [0, 0.1) is 11.7 Å². The third kappa shape index (κ3) is 4.74. The lowest BCUT2D eigenvalue weighted by atomic mass is 10.0. The highest BCUT2D eigenvalue weighted by Gasteiger charge is 2.20. The molecular formula is C23H26FN3O3. The predicted octanol–water partition coefficient (Wildman–Crippen LogP) is 4.21. The number of aromatic nitrogens is 3. The first-order chi connectivity index (χ1) is 14.6. The maximum absolute atomic E-state index is 13.4. The summed E-state index contributed by atoms with van der Waals surface area (Å²) in [5, 5.41) is 0.756. The van der Waals surface area contributed by atoms with Gasteiger partial charge >= 0.3 is 0 Å². The van der Waals surface area contributed by atoms with Crippen molar-refractivity contribution in [1.29, 1.82) is 0 Å². The molecule has 0 aliphatic carbocycles. The smallest absolute Gasteiger partial charge is 0.224 e. The quantitative estimate of drug-likeness (QED) is 0.580. The highest BCUT2D eigenvalue weighted by Crippen LogP contribution is 2.32. The summed E-state index contributed by atoms with van der Waals surface area (Å²) >= 11 is 0. The van der Waals surface area contributed by atoms with Gasteiger partial charge in [0.1, 0.15) is 17.7 Å². The molecule has 4 rings (SSSR count). The molecule has 0 radical (unpaired) electrons. The Kier molecular flexibility index (Phi) is 6.50. The van der Waals surface area contributed by atoms with Gasteiger partial charge in [0.25, 0.3) is 0 Å². The van der Waals surface area contributed by atoms with E-state index in [0.29, 0.717) is 38.0 Å². The molecule has 1 aliphatic rings. The van der Waals surface area contributed by atoms with Crippen molar-refractivity contribution >= 4 is 10.9 Å². The van der Waals surface area contributed by atoms with Gasteiger partial charge in [-0.05, 0) is 23.6 Å². The van der Waals surface area contributed by atoms with Crippen LogP contribution in [0.15, 0.2) is 36.7 Å². The molecule has 1 fully saturated rings. The number of nitrogens with zero attached hydrogens (tertiary/aromatic N) is 3. The fourth-order valence-corrected chi connectivity index (χ4v) is 3.67. The van der Waals surface area contributed by atoms with Crippen molar-refractivity contribution < 1.29 is 18.6 Å². The van der Waals surface area contributed by atoms with Crippen molar-refractivity contribution in [3.63, 3.8) is 0 Å². The molecule has 30 heavy (non-hydrogen) atoms. The van der Waals surface area contributed by atoms with E-state index in [-0.39, 0.29) is 11.9 Å². The maximum Gasteiger partial charge on any atom is 0.224 e. The van der Waals surface area contributed by atoms with E-state index in [0.717, 1.165) is 40.7 Å². The van der Waals surface area contributed by atoms with Crippen LogP contribution >= 0.6 is 0 Å². The fourth-order valence-electron chi connectivity index (χ4n) is 3.67. The Labute approximate surface area is 175 Å². The predicted molar refractivity (Wildman–Crippen MR) is 112 cm³/mol. The van der Waals surface area contributed by atoms with Gasteiger partial charge in [-0.2, -0.15) is 0 Å². The molecule has 0 saturated carbocycles. The minimum absolute atomic E-state index is 0.0625. The molecule has 0 N–H and O–H groups in total. The Morgan fingerprint density at radius 1 is 1.13 bits per heavy atom. The van der Waals surface area contributed by atoms with Crippen molar-refractivity contribution in [2.45, 2.75) is 32.3 Å². The van der Waals surface area contributed by atoms with E-state index in [4.69, 9.17) is 19.2 Å². The van der Waals surface area contributed by atoms with Gasteiger partial charge in [-0.1, -0.05) is 19.1 Å². The minimum Gasteiger partial charge on any atom is -0.474 e. The molecule has 0 unspecified atom stereocenters. The van der Waals surface area contributed by atoms with Gasteiger partial charge < -0.3 is 14.2 Å². The van der Waals surface area contributed by atoms with Crippen LogP contribution in [0.5, 0.6) is 5.88 Å². The first-order valence-electron chi connectivity index (χ1n) is 10.3. The summed E-state index contributed by atoms with van der Waals surface area (Å²) in [6.45, 7) is 4.12. The summed E-state index contributed by atoms with van der Waals surface area (Å²) in [6, 6.07) is 6.35. The molecule has 0 spiro atoms. The molecule has 1 aromatic carbocycles. The second kappa shape index (κ2) is 9.45. The SMILES string of the molecule is COC[C@H](C)Cc1ncc2c(OC3CCOCC3)ncc(-c3ccc(F)cc3)c2n1. The summed E-state index contributed by atoms with van der Waals surface area (Å²) in [5.41, 5.74) is 2.43. The fraction of sp³-hybridized carbons (Fsp3) is 0.435. The number of hydrogen-bond donors (Lipinski definition) is 0. The molecule has 1 atom stereocenters. The molecule has 0 amide bonds. The average Bonchev–Trinajstić information content (AvgIpc) is 2.75. The zero-order valence-electron chi connectivity index (χ0n) is 17.3. The van der Waals surface area contributed by atoms with Crippen molar-refractivity contribution in [2.24, 2.45) is 5.92 Å². The lowest BCUT2D eigenvalue weighted by Gasteiger charge is -2.23. The monoisotopic (exact) mass is 411 g/mol. The van der Waals surface area contributed by atoms with Gasteiger partial charge in [0.2, 0.25) is 5.88 Å². The van der Waals surface area contributed by atoms with Gasteiger partial charge in [-0.3, -0.25) is 0 Å². The molecular weight excluding hydrogens is 385 g/mol. The molecule has 0 bridgehead atoms. The number of fused-ring (bicyclic) bond motifs is 1. The maximum atomic E-state index is 13.4. The Bertz CT molecular complexity index is 991. The standard InChI is InChI=1S/C23H26FN3O3/c1-15(14-28-2)11-21-25-13-20-22(27-21)19(16-3-5-17(24)6-4-16)12-26-23(20)30-18-7-9-29-10-8-18/h3-6,12-13,15,18H,7-11,14H2,1-2H3/t15-/m1/s1. The average molecular weight is 411 g/mol. The molecule has 158 valence electrons. The van der Waals surface area contributed by atoms with Crippen LogP contribution in [0.1, 0.15) is 25.6 Å². The largest absolute Gasteiger partial charge is 0.474 e. The van der Waals surface area contributed by atoms with E-state index in [2.05, 4.69) is 16.9 Å². The van der Waals surface area contributed by atoms with E-state index in [1.807, 2.05) is 0 Å². The summed E-state index contributed by atoms with van der Waals surface area (Å²) in [5.74, 6) is 1.28. The lowest BCUT2D eigenvalue weighted by Crippen LogP contribution is -2.26. The van der Waals surface area contributed by atoms with E-state index in [1.165, 1.54) is 12.1 Å². The highest BCUT2D eigenvalue weighted by molar-refractivity contribution is 5.95. The summed E-state index contributed by atoms with van der Waals surface area (Å²) in [6.07, 6.45) is 5.95. The Morgan fingerprint density at radius 2 is 1.90 bits per heavy atom. The number of pyridine rings is 1. The number of rotatable bonds is 7. The van der Waals surface area contributed by atoms with Crippen molar-refractivity contribution in [2.75, 3.05) is 26.9 Å². The second-order valence-corrected chi connectivity index (χ2v) is 7.73. The number of halogens is 1. The Hall–Kier alpha value is -2.64. The van der Waals surface area contributed by atoms with Crippen LogP contribution in [0.2, 0.25) is 0 Å². The van der Waals surface area contributed by atoms with Crippen LogP contribution in [0.3, 0.4) is 0 Å². The van der Waals surface area contributed by atoms with Gasteiger partial charge in [0.15, 0.2) is 0 Å². The molecule has 3 aromatic rings. The van der Waals surface area contributed by atoms with Crippen LogP contribution in [0.4, 0.5) is 4.39 Å². The van der Waals surface area contributed by atoms with E-state index >= 15 is 0 Å². The molecule has 2 aromatic heterocycles. The van der Waals surface area contributed by atoms with Crippen molar-refractivity contribution in [3.8, 4) is 17.0 Å². The van der Waals surface area contributed by atoms with Gasteiger partial charge in [0, 0.05) is 50.9 Å². The molecule has 1 saturated heterocycles. The van der Waals surface area contributed by atoms with Crippen LogP contribution in [-0.2, 0) is 15.9 Å². The highest BCUT2D eigenvalue weighted by atomic mass is 19.1. The Morgan fingerprint density at radius 3 is 2.63 bits per heavy atom. The zero-order chi connectivity index (χ0) is 20.9. The van der Waals surface area contributed by atoms with Crippen LogP contribution in [0.25, 0.3) is 22.0 Å². The molecule has 1 aliphatic heterocycles. The number of methoxy groups -OCH3 is 1. The third-order valence-corrected chi connectivity index (χ3v) is 5.22. The second-order valence-electron chi connectivity index (χ2n) is 7.73. The lowest BCUT2D eigenvalue weighted by molar-refractivity contribution is 0.0244. The number of hydrogen-bond acceptors (Lipinski definition) is 6.